The van der Waals surface area contributed by atoms with Crippen molar-refractivity contribution in [1.82, 2.24) is 16.0 Å². The van der Waals surface area contributed by atoms with E-state index in [1.807, 2.05) is 30.3 Å². The van der Waals surface area contributed by atoms with Crippen LogP contribution >= 0.6 is 0 Å². The van der Waals surface area contributed by atoms with Crippen molar-refractivity contribution < 1.29 is 52.3 Å². The quantitative estimate of drug-likeness (QED) is 0.116. The van der Waals surface area contributed by atoms with Crippen molar-refractivity contribution in [3.05, 3.63) is 47.5 Å². The summed E-state index contributed by atoms with van der Waals surface area (Å²) in [4.78, 5) is 52.1. The molecule has 0 spiro atoms. The Balaban J connectivity index is 0.725. The van der Waals surface area contributed by atoms with E-state index >= 15 is 0 Å². The van der Waals surface area contributed by atoms with Gasteiger partial charge in [0.2, 0.25) is 6.29 Å². The van der Waals surface area contributed by atoms with Gasteiger partial charge in [-0.1, -0.05) is 26.0 Å². The Labute approximate surface area is 377 Å². The molecule has 9 rings (SSSR count). The summed E-state index contributed by atoms with van der Waals surface area (Å²) in [5.41, 5.74) is 2.22. The van der Waals surface area contributed by atoms with Gasteiger partial charge in [0.05, 0.1) is 39.8 Å². The Kier molecular flexibility index (Phi) is 13.6. The van der Waals surface area contributed by atoms with E-state index in [0.717, 1.165) is 81.8 Å². The lowest BCUT2D eigenvalue weighted by Crippen LogP contribution is -2.65. The van der Waals surface area contributed by atoms with Crippen LogP contribution in [0.2, 0.25) is 0 Å². The third-order valence-electron chi connectivity index (χ3n) is 15.3. The molecular formula is C50H69N3O11. The van der Waals surface area contributed by atoms with Crippen LogP contribution in [0.3, 0.4) is 0 Å². The van der Waals surface area contributed by atoms with Gasteiger partial charge in [-0.25, -0.2) is 9.59 Å². The molecule has 2 amide bonds. The van der Waals surface area contributed by atoms with Crippen molar-refractivity contribution in [1.29, 1.82) is 0 Å². The summed E-state index contributed by atoms with van der Waals surface area (Å²) in [6.45, 7) is 6.71. The lowest BCUT2D eigenvalue weighted by molar-refractivity contribution is -0.172. The lowest BCUT2D eigenvalue weighted by Gasteiger charge is -2.65. The molecule has 7 aliphatic rings. The van der Waals surface area contributed by atoms with Crippen LogP contribution in [0.15, 0.2) is 36.4 Å². The van der Waals surface area contributed by atoms with Crippen molar-refractivity contribution in [2.75, 3.05) is 27.9 Å². The first-order valence-electron chi connectivity index (χ1n) is 23.6. The summed E-state index contributed by atoms with van der Waals surface area (Å²) in [5, 5.41) is 10.1. The fraction of sp³-hybridized carbons (Fsp3) is 0.680. The number of cyclic esters (lactones) is 1. The largest absolute Gasteiger partial charge is 0.493 e. The smallest absolute Gasteiger partial charge is 0.412 e. The van der Waals surface area contributed by atoms with Crippen molar-refractivity contribution in [3.8, 4) is 23.0 Å². The number of nitrogens with one attached hydrogen (secondary N) is 3. The highest BCUT2D eigenvalue weighted by Gasteiger charge is 2.60. The first-order valence-corrected chi connectivity index (χ1v) is 23.6. The van der Waals surface area contributed by atoms with Gasteiger partial charge in [-0.2, -0.15) is 0 Å². The van der Waals surface area contributed by atoms with Crippen LogP contribution in [0.25, 0.3) is 0 Å². The van der Waals surface area contributed by atoms with E-state index in [0.29, 0.717) is 60.4 Å². The van der Waals surface area contributed by atoms with Crippen molar-refractivity contribution in [2.24, 2.45) is 34.5 Å². The number of alkyl carbamates (subject to hydrolysis) is 1. The van der Waals surface area contributed by atoms with Gasteiger partial charge in [-0.05, 0) is 155 Å². The van der Waals surface area contributed by atoms with Gasteiger partial charge in [0.25, 0.3) is 0 Å². The Morgan fingerprint density at radius 3 is 1.91 bits per heavy atom. The molecule has 7 fully saturated rings. The van der Waals surface area contributed by atoms with Gasteiger partial charge in [-0.15, -0.1) is 0 Å². The van der Waals surface area contributed by atoms with Crippen LogP contribution in [0.5, 0.6) is 23.0 Å². The maximum Gasteiger partial charge on any atom is 0.412 e. The van der Waals surface area contributed by atoms with E-state index < -0.39 is 18.5 Å². The average Bonchev–Trinajstić information content (AvgIpc) is 3.57. The molecule has 1 saturated heterocycles. The highest BCUT2D eigenvalue weighted by atomic mass is 16.7. The third-order valence-corrected chi connectivity index (χ3v) is 15.3. The van der Waals surface area contributed by atoms with Crippen LogP contribution < -0.4 is 34.9 Å². The zero-order valence-corrected chi connectivity index (χ0v) is 38.6. The van der Waals surface area contributed by atoms with Crippen LogP contribution in [0.4, 0.5) is 9.59 Å². The van der Waals surface area contributed by atoms with Gasteiger partial charge in [-0.3, -0.25) is 9.59 Å². The average molecular weight is 888 g/mol. The second-order valence-electron chi connectivity index (χ2n) is 20.8. The fourth-order valence-electron chi connectivity index (χ4n) is 13.3. The number of hydrogen-bond donors (Lipinski definition) is 3. The molecule has 5 atom stereocenters. The lowest BCUT2D eigenvalue weighted by atomic mass is 9.43. The van der Waals surface area contributed by atoms with Gasteiger partial charge in [0.15, 0.2) is 23.0 Å². The van der Waals surface area contributed by atoms with E-state index in [4.69, 9.17) is 33.2 Å². The zero-order valence-electron chi connectivity index (χ0n) is 38.6. The summed E-state index contributed by atoms with van der Waals surface area (Å²) in [7, 11) is 4.73. The highest BCUT2D eigenvalue weighted by molar-refractivity contribution is 5.76. The molecule has 14 heteroatoms. The Hall–Kier alpha value is -4.72. The molecular weight excluding hydrogens is 819 g/mol. The van der Waals surface area contributed by atoms with Crippen LogP contribution in [0.1, 0.15) is 122 Å². The number of benzene rings is 2. The molecule has 0 radical (unpaired) electrons. The topological polar surface area (TPSA) is 169 Å². The Morgan fingerprint density at radius 1 is 0.703 bits per heavy atom. The van der Waals surface area contributed by atoms with E-state index in [2.05, 4.69) is 29.8 Å². The molecule has 4 bridgehead atoms. The van der Waals surface area contributed by atoms with Gasteiger partial charge in [0.1, 0.15) is 0 Å². The molecule has 3 N–H and O–H groups in total. The van der Waals surface area contributed by atoms with Gasteiger partial charge in [0, 0.05) is 36.5 Å². The van der Waals surface area contributed by atoms with E-state index in [1.54, 1.807) is 27.2 Å². The third kappa shape index (κ3) is 10.7. The Bertz CT molecular complexity index is 2010. The molecule has 2 aromatic rings. The predicted octanol–water partition coefficient (Wildman–Crippen LogP) is 8.20. The number of carbonyl (C=O) groups excluding carboxylic acids is 4. The monoisotopic (exact) mass is 887 g/mol. The maximum atomic E-state index is 13.1. The van der Waals surface area contributed by atoms with E-state index in [-0.39, 0.29) is 52.1 Å². The second-order valence-corrected chi connectivity index (χ2v) is 20.8. The number of esters is 2. The van der Waals surface area contributed by atoms with E-state index in [1.165, 1.54) is 26.4 Å². The number of hydrogen-bond acceptors (Lipinski definition) is 12. The summed E-state index contributed by atoms with van der Waals surface area (Å²) in [6.07, 6.45) is 12.5. The molecule has 350 valence electrons. The van der Waals surface area contributed by atoms with Crippen LogP contribution in [0, 0.1) is 34.5 Å². The number of methoxy groups -OCH3 is 3. The summed E-state index contributed by atoms with van der Waals surface area (Å²) < 4.78 is 38.9. The predicted molar refractivity (Wildman–Crippen MR) is 237 cm³/mol. The van der Waals surface area contributed by atoms with Crippen molar-refractivity contribution in [3.63, 3.8) is 0 Å². The molecule has 14 nitrogen and oxygen atoms in total. The number of carbonyl (C=O) groups is 4. The van der Waals surface area contributed by atoms with Gasteiger partial charge >= 0.3 is 24.1 Å². The minimum absolute atomic E-state index is 0.0114. The van der Waals surface area contributed by atoms with Crippen molar-refractivity contribution in [2.45, 2.75) is 153 Å². The normalized spacial score (nSPS) is 33.3. The van der Waals surface area contributed by atoms with Crippen LogP contribution in [-0.4, -0.2) is 82.0 Å². The molecule has 3 unspecified atom stereocenters. The molecule has 0 aromatic heterocycles. The minimum atomic E-state index is -0.945. The first-order chi connectivity index (χ1) is 30.6. The zero-order chi connectivity index (χ0) is 45.2. The standard InChI is InChI=1S/C50H69N3O11/c1-30(63-47(57)53-50-25-33-23-48(2,28-50)27-49(3,24-33)29-50)62-44(54)34-9-11-36(12-10-34)51-37-13-15-38(16-14-37)52-46(56)64-41-18-8-32(22-43(41)60-6)20-39-35(26-61-45(39)55)19-31-7-17-40(58-4)42(21-31)59-5/h7-8,17-18,21-22,30,33-39,51H,9-16,19-20,23-29H2,1-6H3,(H,52,56)(H,53,57)/t30?,33?,34?,35-,36?,37?,38?,39+,48?,49?,50?/m0/s1. The first kappa shape index (κ1) is 45.8. The molecule has 1 aliphatic heterocycles. The molecule has 6 aliphatic carbocycles. The molecule has 64 heavy (non-hydrogen) atoms. The highest BCUT2D eigenvalue weighted by Crippen LogP contribution is 2.66. The summed E-state index contributed by atoms with van der Waals surface area (Å²) in [5.74, 6) is 1.56. The van der Waals surface area contributed by atoms with Crippen molar-refractivity contribution >= 4 is 24.1 Å². The Morgan fingerprint density at radius 2 is 1.28 bits per heavy atom. The fourth-order valence-corrected chi connectivity index (χ4v) is 13.3. The van der Waals surface area contributed by atoms with E-state index in [9.17, 15) is 19.2 Å². The molecule has 6 saturated carbocycles. The second kappa shape index (κ2) is 19.0. The number of amides is 2. The summed E-state index contributed by atoms with van der Waals surface area (Å²) in [6, 6.07) is 11.8. The number of ether oxygens (including phenoxy) is 7. The molecule has 1 heterocycles. The SMILES string of the molecule is COc1ccc(C[C@H]2COC(=O)[C@@H]2Cc2ccc(OC(=O)NC3CCC(NC4CCC(C(=O)OC(C)OC(=O)NC56CC7CC(C)(CC(C)(C7)C5)C6)CC4)CC3)c(OC)c2)cc1OC. The molecule has 2 aromatic carbocycles. The summed E-state index contributed by atoms with van der Waals surface area (Å²) >= 11 is 0. The van der Waals surface area contributed by atoms with Crippen LogP contribution in [-0.2, 0) is 36.6 Å². The van der Waals surface area contributed by atoms with Gasteiger partial charge < -0.3 is 49.1 Å². The number of rotatable bonds is 15. The minimum Gasteiger partial charge on any atom is -0.493 e. The maximum absolute atomic E-state index is 13.1.